The number of amides is 2. The quantitative estimate of drug-likeness (QED) is 0.566. The molecule has 8 nitrogen and oxygen atoms in total. The van der Waals surface area contributed by atoms with Gasteiger partial charge in [-0.05, 0) is 43.7 Å². The fraction of sp³-hybridized carbons (Fsp3) is 0.350. The van der Waals surface area contributed by atoms with Crippen LogP contribution in [0, 0.1) is 0 Å². The molecule has 0 fully saturated rings. The number of hydrogen-bond acceptors (Lipinski definition) is 6. The lowest BCUT2D eigenvalue weighted by Gasteiger charge is -2.22. The molecule has 1 aromatic heterocycles. The Kier molecular flexibility index (Phi) is 7.30. The monoisotopic (exact) mass is 473 g/mol. The summed E-state index contributed by atoms with van der Waals surface area (Å²) in [5.74, 6) is -2.69. The number of hydrogen-bond donors (Lipinski definition) is 3. The van der Waals surface area contributed by atoms with Gasteiger partial charge in [0, 0.05) is 12.6 Å². The third-order valence-corrected chi connectivity index (χ3v) is 6.46. The van der Waals surface area contributed by atoms with Gasteiger partial charge in [-0.25, -0.2) is 8.42 Å². The summed E-state index contributed by atoms with van der Waals surface area (Å²) in [6, 6.07) is 5.50. The summed E-state index contributed by atoms with van der Waals surface area (Å²) in [5, 5.41) is 14.9. The number of carbonyl (C=O) groups excluding carboxylic acids is 2. The van der Waals surface area contributed by atoms with Crippen molar-refractivity contribution in [1.29, 1.82) is 0 Å². The molecule has 0 radical (unpaired) electrons. The molecule has 0 spiro atoms. The number of aromatic nitrogens is 1. The molecular formula is C20H22F3N3O5S. The lowest BCUT2D eigenvalue weighted by Crippen LogP contribution is -2.45. The second kappa shape index (κ2) is 9.25. The lowest BCUT2D eigenvalue weighted by atomic mass is 10.1. The molecule has 0 aliphatic rings. The molecule has 0 saturated carbocycles. The number of anilines is 1. The molecule has 32 heavy (non-hydrogen) atoms. The van der Waals surface area contributed by atoms with Crippen molar-refractivity contribution < 1.29 is 36.3 Å². The minimum Gasteiger partial charge on any atom is -0.379 e. The number of nitrogens with zero attached hydrogens (tertiary/aromatic N) is 1. The third-order valence-electron chi connectivity index (χ3n) is 4.53. The van der Waals surface area contributed by atoms with Gasteiger partial charge < -0.3 is 15.7 Å². The highest BCUT2D eigenvalue weighted by Crippen LogP contribution is 2.33. The molecule has 2 aromatic rings. The normalized spacial score (nSPS) is 13.8. The fourth-order valence-electron chi connectivity index (χ4n) is 2.83. The second-order valence-corrected chi connectivity index (χ2v) is 9.15. The maximum absolute atomic E-state index is 13.2. The van der Waals surface area contributed by atoms with Crippen LogP contribution in [0.2, 0.25) is 0 Å². The number of alkyl halides is 3. The van der Waals surface area contributed by atoms with Gasteiger partial charge in [0.1, 0.15) is 0 Å². The van der Waals surface area contributed by atoms with E-state index in [-0.39, 0.29) is 28.3 Å². The number of sulfone groups is 1. The Morgan fingerprint density at radius 2 is 1.75 bits per heavy atom. The van der Waals surface area contributed by atoms with Crippen LogP contribution < -0.4 is 10.6 Å². The summed E-state index contributed by atoms with van der Waals surface area (Å²) >= 11 is 0. The van der Waals surface area contributed by atoms with E-state index in [0.717, 1.165) is 25.3 Å². The fourth-order valence-corrected chi connectivity index (χ4v) is 4.42. The van der Waals surface area contributed by atoms with E-state index in [1.54, 1.807) is 0 Å². The zero-order chi connectivity index (χ0) is 24.3. The predicted molar refractivity (Wildman–Crippen MR) is 110 cm³/mol. The molecule has 2 amide bonds. The first-order valence-corrected chi connectivity index (χ1v) is 11.0. The van der Waals surface area contributed by atoms with Crippen molar-refractivity contribution in [3.05, 3.63) is 53.3 Å². The smallest absolute Gasteiger partial charge is 0.379 e. The van der Waals surface area contributed by atoms with Crippen LogP contribution in [-0.2, 0) is 27.2 Å². The van der Waals surface area contributed by atoms with Crippen molar-refractivity contribution in [2.24, 2.45) is 0 Å². The number of halogens is 3. The van der Waals surface area contributed by atoms with Gasteiger partial charge >= 0.3 is 6.18 Å². The molecule has 1 heterocycles. The van der Waals surface area contributed by atoms with E-state index in [1.165, 1.54) is 26.1 Å². The van der Waals surface area contributed by atoms with Crippen molar-refractivity contribution >= 4 is 27.3 Å². The van der Waals surface area contributed by atoms with Crippen LogP contribution in [0.5, 0.6) is 0 Å². The number of pyridine rings is 1. The molecule has 1 atom stereocenters. The molecule has 1 aromatic carbocycles. The number of aliphatic hydroxyl groups is 1. The van der Waals surface area contributed by atoms with E-state index in [2.05, 4.69) is 15.6 Å². The summed E-state index contributed by atoms with van der Waals surface area (Å²) in [6.45, 7) is 2.42. The molecule has 0 saturated heterocycles. The zero-order valence-electron chi connectivity index (χ0n) is 17.4. The van der Waals surface area contributed by atoms with E-state index < -0.39 is 44.7 Å². The van der Waals surface area contributed by atoms with Gasteiger partial charge in [0.15, 0.2) is 15.4 Å². The van der Waals surface area contributed by atoms with Crippen LogP contribution >= 0.6 is 0 Å². The van der Waals surface area contributed by atoms with E-state index in [4.69, 9.17) is 0 Å². The van der Waals surface area contributed by atoms with Crippen LogP contribution in [0.4, 0.5) is 18.9 Å². The van der Waals surface area contributed by atoms with E-state index in [0.29, 0.717) is 6.07 Å². The van der Waals surface area contributed by atoms with Crippen LogP contribution in [0.1, 0.15) is 35.5 Å². The molecular weight excluding hydrogens is 451 g/mol. The Morgan fingerprint density at radius 3 is 2.25 bits per heavy atom. The first-order valence-electron chi connectivity index (χ1n) is 9.36. The van der Waals surface area contributed by atoms with Gasteiger partial charge in [-0.3, -0.25) is 14.6 Å². The molecule has 0 aliphatic carbocycles. The molecule has 3 N–H and O–H groups in total. The van der Waals surface area contributed by atoms with E-state index in [9.17, 15) is 36.3 Å². The summed E-state index contributed by atoms with van der Waals surface area (Å²) in [5.41, 5.74) is -3.86. The maximum Gasteiger partial charge on any atom is 0.418 e. The maximum atomic E-state index is 13.2. The van der Waals surface area contributed by atoms with Gasteiger partial charge in [-0.2, -0.15) is 13.2 Å². The first-order chi connectivity index (χ1) is 14.7. The second-order valence-electron chi connectivity index (χ2n) is 7.16. The minimum atomic E-state index is -4.70. The van der Waals surface area contributed by atoms with Gasteiger partial charge in [-0.15, -0.1) is 0 Å². The molecule has 0 aliphatic heterocycles. The topological polar surface area (TPSA) is 125 Å². The number of benzene rings is 1. The minimum absolute atomic E-state index is 0.0116. The van der Waals surface area contributed by atoms with Gasteiger partial charge in [0.2, 0.25) is 0 Å². The van der Waals surface area contributed by atoms with Crippen molar-refractivity contribution in [1.82, 2.24) is 10.3 Å². The summed E-state index contributed by atoms with van der Waals surface area (Å²) in [6.07, 6.45) is -3.70. The van der Waals surface area contributed by atoms with Gasteiger partial charge in [0.25, 0.3) is 11.8 Å². The number of aryl methyl sites for hydroxylation is 1. The van der Waals surface area contributed by atoms with Crippen molar-refractivity contribution in [2.45, 2.75) is 36.9 Å². The summed E-state index contributed by atoms with van der Waals surface area (Å²) < 4.78 is 64.8. The molecule has 0 bridgehead atoms. The van der Waals surface area contributed by atoms with Gasteiger partial charge in [-0.1, -0.05) is 6.92 Å². The van der Waals surface area contributed by atoms with E-state index in [1.807, 2.05) is 0 Å². The Bertz CT molecular complexity index is 1110. The van der Waals surface area contributed by atoms with Crippen LogP contribution in [0.15, 0.2) is 41.4 Å². The Labute approximate surface area is 182 Å². The highest BCUT2D eigenvalue weighted by Gasteiger charge is 2.38. The third kappa shape index (κ3) is 5.82. The number of nitrogens with one attached hydrogen (secondary N) is 2. The molecule has 2 rings (SSSR count). The standard InChI is InChI=1S/C20H22F3N3O5S/c1-4-16-15(20(21,22)23)9-13(10-25-16)26-18(28)19(2,29)11-32(30,31)14-7-5-12(6-8-14)17(27)24-3/h5-10,29H,4,11H2,1-3H3,(H,24,27)(H,26,28)/t19-/m0/s1. The van der Waals surface area contributed by atoms with Crippen LogP contribution in [0.3, 0.4) is 0 Å². The zero-order valence-corrected chi connectivity index (χ0v) is 18.3. The van der Waals surface area contributed by atoms with Crippen molar-refractivity contribution in [2.75, 3.05) is 18.1 Å². The number of carbonyl (C=O) groups is 2. The summed E-state index contributed by atoms with van der Waals surface area (Å²) in [7, 11) is -2.78. The molecule has 174 valence electrons. The Morgan fingerprint density at radius 1 is 1.16 bits per heavy atom. The van der Waals surface area contributed by atoms with E-state index >= 15 is 0 Å². The van der Waals surface area contributed by atoms with Crippen LogP contribution in [0.25, 0.3) is 0 Å². The van der Waals surface area contributed by atoms with Crippen LogP contribution in [-0.4, -0.2) is 48.7 Å². The Balaban J connectivity index is 2.23. The highest BCUT2D eigenvalue weighted by atomic mass is 32.2. The molecule has 12 heteroatoms. The average Bonchev–Trinajstić information content (AvgIpc) is 2.71. The highest BCUT2D eigenvalue weighted by molar-refractivity contribution is 7.91. The predicted octanol–water partition coefficient (Wildman–Crippen LogP) is 2.19. The average molecular weight is 473 g/mol. The van der Waals surface area contributed by atoms with Crippen molar-refractivity contribution in [3.8, 4) is 0 Å². The molecule has 0 unspecified atom stereocenters. The van der Waals surface area contributed by atoms with Crippen molar-refractivity contribution in [3.63, 3.8) is 0 Å². The van der Waals surface area contributed by atoms with Gasteiger partial charge in [0.05, 0.1) is 33.8 Å². The first kappa shape index (κ1) is 25.3. The lowest BCUT2D eigenvalue weighted by molar-refractivity contribution is -0.138. The Hall–Kier alpha value is -2.99. The SMILES string of the molecule is CCc1ncc(NC(=O)[C@@](C)(O)CS(=O)(=O)c2ccc(C(=O)NC)cc2)cc1C(F)(F)F. The number of rotatable bonds is 7. The largest absolute Gasteiger partial charge is 0.418 e. The summed E-state index contributed by atoms with van der Waals surface area (Å²) in [4.78, 5) is 27.5.